The van der Waals surface area contributed by atoms with Crippen LogP contribution < -0.4 is 0 Å². The number of carbonyl (C=O) groups excluding carboxylic acids is 1. The first-order chi connectivity index (χ1) is 11.6. The molecule has 0 rings (SSSR count). The maximum atomic E-state index is 11.6. The number of Topliss-reactive ketones (excluding diaryl/α,β-unsaturated/α-hetero) is 1. The van der Waals surface area contributed by atoms with Gasteiger partial charge in [0.15, 0.2) is 5.78 Å². The topological polar surface area (TPSA) is 54.0 Å². The first-order valence-corrected chi connectivity index (χ1v) is 9.47. The second kappa shape index (κ2) is 13.7. The molecule has 0 aromatic carbocycles. The Morgan fingerprint density at radius 1 is 0.640 bits per heavy atom. The Bertz CT molecular complexity index is 328. The van der Waals surface area contributed by atoms with E-state index in [9.17, 15) is 4.79 Å². The highest BCUT2D eigenvalue weighted by Gasteiger charge is 2.20. The molecule has 0 N–H and O–H groups in total. The van der Waals surface area contributed by atoms with Crippen molar-refractivity contribution < 1.29 is 23.7 Å². The van der Waals surface area contributed by atoms with Crippen LogP contribution in [-0.4, -0.2) is 58.6 Å². The van der Waals surface area contributed by atoms with E-state index in [1.165, 1.54) is 0 Å². The van der Waals surface area contributed by atoms with Crippen LogP contribution in [0, 0.1) is 10.8 Å². The maximum Gasteiger partial charge on any atom is 0.163 e. The third-order valence-corrected chi connectivity index (χ3v) is 3.34. The zero-order valence-corrected chi connectivity index (χ0v) is 17.3. The van der Waals surface area contributed by atoms with Crippen molar-refractivity contribution >= 4 is 5.78 Å². The highest BCUT2D eigenvalue weighted by atomic mass is 16.5. The van der Waals surface area contributed by atoms with E-state index in [4.69, 9.17) is 18.9 Å². The van der Waals surface area contributed by atoms with Crippen molar-refractivity contribution in [1.82, 2.24) is 0 Å². The van der Waals surface area contributed by atoms with Gasteiger partial charge in [0.2, 0.25) is 0 Å². The standard InChI is InChI=1S/C20H40O5/c1-19(2,3)17-25-15-9-13-23-11-7-10-22-12-8-14-24-16-18(21)20(4,5)6/h7-17H2,1-6H3. The number of hydrogen-bond acceptors (Lipinski definition) is 5. The zero-order valence-electron chi connectivity index (χ0n) is 17.3. The van der Waals surface area contributed by atoms with Gasteiger partial charge in [-0.1, -0.05) is 41.5 Å². The lowest BCUT2D eigenvalue weighted by Gasteiger charge is -2.17. The summed E-state index contributed by atoms with van der Waals surface area (Å²) in [5.74, 6) is 0.134. The van der Waals surface area contributed by atoms with Gasteiger partial charge >= 0.3 is 0 Å². The summed E-state index contributed by atoms with van der Waals surface area (Å²) in [7, 11) is 0. The molecule has 0 aliphatic carbocycles. The van der Waals surface area contributed by atoms with Gasteiger partial charge in [0.1, 0.15) is 6.61 Å². The monoisotopic (exact) mass is 360 g/mol. The highest BCUT2D eigenvalue weighted by Crippen LogP contribution is 2.14. The third-order valence-electron chi connectivity index (χ3n) is 3.34. The summed E-state index contributed by atoms with van der Waals surface area (Å²) in [6, 6.07) is 0. The largest absolute Gasteiger partial charge is 0.381 e. The van der Waals surface area contributed by atoms with Crippen LogP contribution in [-0.2, 0) is 23.7 Å². The molecule has 5 heteroatoms. The maximum absolute atomic E-state index is 11.6. The number of ketones is 1. The van der Waals surface area contributed by atoms with Crippen LogP contribution in [0.3, 0.4) is 0 Å². The summed E-state index contributed by atoms with van der Waals surface area (Å²) in [5, 5.41) is 0. The second-order valence-corrected chi connectivity index (χ2v) is 8.62. The molecule has 0 amide bonds. The van der Waals surface area contributed by atoms with Gasteiger partial charge in [-0.3, -0.25) is 4.79 Å². The molecule has 0 aliphatic heterocycles. The molecule has 0 radical (unpaired) electrons. The number of rotatable bonds is 15. The molecule has 0 bridgehead atoms. The third kappa shape index (κ3) is 18.1. The van der Waals surface area contributed by atoms with E-state index in [0.717, 1.165) is 45.7 Å². The molecular weight excluding hydrogens is 320 g/mol. The lowest BCUT2D eigenvalue weighted by molar-refractivity contribution is -0.131. The summed E-state index contributed by atoms with van der Waals surface area (Å²) < 4.78 is 22.0. The molecule has 0 unspecified atom stereocenters. The van der Waals surface area contributed by atoms with Crippen molar-refractivity contribution in [2.75, 3.05) is 52.9 Å². The van der Waals surface area contributed by atoms with Crippen LogP contribution in [0.5, 0.6) is 0 Å². The van der Waals surface area contributed by atoms with Crippen molar-refractivity contribution in [2.45, 2.75) is 60.8 Å². The first kappa shape index (κ1) is 24.5. The minimum Gasteiger partial charge on any atom is -0.381 e. The van der Waals surface area contributed by atoms with Gasteiger partial charge in [-0.15, -0.1) is 0 Å². The van der Waals surface area contributed by atoms with Gasteiger partial charge in [-0.05, 0) is 24.7 Å². The van der Waals surface area contributed by atoms with Crippen molar-refractivity contribution in [3.05, 3.63) is 0 Å². The van der Waals surface area contributed by atoms with Crippen LogP contribution in [0.15, 0.2) is 0 Å². The second-order valence-electron chi connectivity index (χ2n) is 8.62. The molecule has 150 valence electrons. The van der Waals surface area contributed by atoms with Gasteiger partial charge in [0, 0.05) is 45.1 Å². The molecule has 5 nitrogen and oxygen atoms in total. The summed E-state index contributed by atoms with van der Waals surface area (Å²) in [6.07, 6.45) is 2.64. The van der Waals surface area contributed by atoms with Crippen molar-refractivity contribution in [3.63, 3.8) is 0 Å². The summed E-state index contributed by atoms with van der Waals surface area (Å²) in [5.41, 5.74) is -0.0967. The first-order valence-electron chi connectivity index (χ1n) is 9.47. The average Bonchev–Trinajstić information content (AvgIpc) is 2.48. The molecule has 0 spiro atoms. The van der Waals surface area contributed by atoms with Gasteiger partial charge in [-0.2, -0.15) is 0 Å². The molecule has 25 heavy (non-hydrogen) atoms. The van der Waals surface area contributed by atoms with E-state index in [1.807, 2.05) is 20.8 Å². The predicted octanol–water partition coefficient (Wildman–Crippen LogP) is 3.88. The molecule has 0 aromatic rings. The van der Waals surface area contributed by atoms with Crippen molar-refractivity contribution in [1.29, 1.82) is 0 Å². The van der Waals surface area contributed by atoms with Gasteiger partial charge in [-0.25, -0.2) is 0 Å². The Kier molecular flexibility index (Phi) is 13.4. The Labute approximate surface area is 154 Å². The fourth-order valence-electron chi connectivity index (χ4n) is 1.75. The molecule has 0 atom stereocenters. The average molecular weight is 361 g/mol. The zero-order chi connectivity index (χ0) is 19.2. The van der Waals surface area contributed by atoms with E-state index < -0.39 is 0 Å². The van der Waals surface area contributed by atoms with Gasteiger partial charge < -0.3 is 18.9 Å². The summed E-state index contributed by atoms with van der Waals surface area (Å²) in [6.45, 7) is 17.3. The summed E-state index contributed by atoms with van der Waals surface area (Å²) >= 11 is 0. The van der Waals surface area contributed by atoms with Crippen LogP contribution in [0.2, 0.25) is 0 Å². The molecule has 0 aromatic heterocycles. The van der Waals surface area contributed by atoms with Crippen LogP contribution in [0.4, 0.5) is 0 Å². The Balaban J connectivity index is 3.18. The van der Waals surface area contributed by atoms with Gasteiger partial charge in [0.25, 0.3) is 0 Å². The fourth-order valence-corrected chi connectivity index (χ4v) is 1.75. The lowest BCUT2D eigenvalue weighted by Crippen LogP contribution is -2.25. The minimum absolute atomic E-state index is 0.134. The van der Waals surface area contributed by atoms with Crippen LogP contribution in [0.1, 0.15) is 60.8 Å². The molecule has 0 saturated carbocycles. The van der Waals surface area contributed by atoms with Crippen molar-refractivity contribution in [3.8, 4) is 0 Å². The fraction of sp³-hybridized carbons (Fsp3) is 0.950. The normalized spacial score (nSPS) is 12.6. The Hall–Kier alpha value is -0.490. The van der Waals surface area contributed by atoms with Crippen molar-refractivity contribution in [2.24, 2.45) is 10.8 Å². The minimum atomic E-state index is -0.324. The molecule has 0 fully saturated rings. The number of hydrogen-bond donors (Lipinski definition) is 0. The molecule has 0 saturated heterocycles. The predicted molar refractivity (Wildman–Crippen MR) is 101 cm³/mol. The molecule has 0 heterocycles. The lowest BCUT2D eigenvalue weighted by atomic mass is 9.91. The molecule has 0 aliphatic rings. The van der Waals surface area contributed by atoms with Crippen LogP contribution in [0.25, 0.3) is 0 Å². The molecular formula is C20H40O5. The van der Waals surface area contributed by atoms with E-state index in [-0.39, 0.29) is 23.2 Å². The Morgan fingerprint density at radius 2 is 1.04 bits per heavy atom. The summed E-state index contributed by atoms with van der Waals surface area (Å²) in [4.78, 5) is 11.6. The van der Waals surface area contributed by atoms with Crippen LogP contribution >= 0.6 is 0 Å². The highest BCUT2D eigenvalue weighted by molar-refractivity contribution is 5.84. The van der Waals surface area contributed by atoms with E-state index in [1.54, 1.807) is 0 Å². The van der Waals surface area contributed by atoms with E-state index in [2.05, 4.69) is 20.8 Å². The van der Waals surface area contributed by atoms with E-state index in [0.29, 0.717) is 19.8 Å². The smallest absolute Gasteiger partial charge is 0.163 e. The Morgan fingerprint density at radius 3 is 1.44 bits per heavy atom. The van der Waals surface area contributed by atoms with E-state index >= 15 is 0 Å². The number of ether oxygens (including phenoxy) is 4. The van der Waals surface area contributed by atoms with Gasteiger partial charge in [0.05, 0.1) is 6.61 Å². The number of carbonyl (C=O) groups is 1. The SMILES string of the molecule is CC(C)(C)COCCCOCCCOCCCOCC(=O)C(C)(C)C. The quantitative estimate of drug-likeness (QED) is 0.415.